The van der Waals surface area contributed by atoms with E-state index < -0.39 is 0 Å². The molecule has 0 aromatic carbocycles. The third-order valence-corrected chi connectivity index (χ3v) is 3.36. The summed E-state index contributed by atoms with van der Waals surface area (Å²) in [5.74, 6) is 0. The van der Waals surface area contributed by atoms with Crippen molar-refractivity contribution in [3.8, 4) is 0 Å². The highest BCUT2D eigenvalue weighted by Crippen LogP contribution is 2.21. The number of unbranched alkanes of at least 4 members (excludes halogenated alkanes) is 5. The Hall–Kier alpha value is 0.910. The van der Waals surface area contributed by atoms with Gasteiger partial charge in [0.1, 0.15) is 0 Å². The second-order valence-corrected chi connectivity index (χ2v) is 5.10. The zero-order valence-corrected chi connectivity index (χ0v) is 9.41. The molecule has 0 amide bonds. The van der Waals surface area contributed by atoms with Crippen LogP contribution in [0.15, 0.2) is 0 Å². The van der Waals surface area contributed by atoms with Gasteiger partial charge in [0.2, 0.25) is 0 Å². The summed E-state index contributed by atoms with van der Waals surface area (Å²) in [6.45, 7) is 2.26. The summed E-state index contributed by atoms with van der Waals surface area (Å²) in [6, 6.07) is 0. The minimum Gasteiger partial charge on any atom is -0.0654 e. The smallest absolute Gasteiger partial charge is 0.0255 e. The molecule has 0 rings (SSSR count). The summed E-state index contributed by atoms with van der Waals surface area (Å²) in [6.07, 6.45) is 9.93. The standard InChI is InChI=1S/C8H18BrP/c1-2-3-4-5-6-7-8-10-9/h10H,2-8H2,1H3. The number of rotatable bonds is 7. The lowest BCUT2D eigenvalue weighted by Gasteiger charge is -1.97. The summed E-state index contributed by atoms with van der Waals surface area (Å²) in [7, 11) is 0.982. The maximum absolute atomic E-state index is 3.46. The van der Waals surface area contributed by atoms with Gasteiger partial charge in [0.25, 0.3) is 0 Å². The topological polar surface area (TPSA) is 0 Å². The van der Waals surface area contributed by atoms with Crippen LogP contribution in [-0.2, 0) is 0 Å². The summed E-state index contributed by atoms with van der Waals surface area (Å²) >= 11 is 3.46. The molecule has 1 atom stereocenters. The van der Waals surface area contributed by atoms with E-state index in [1.807, 2.05) is 0 Å². The first-order valence-corrected chi connectivity index (χ1v) is 7.71. The fourth-order valence-electron chi connectivity index (χ4n) is 0.972. The second kappa shape index (κ2) is 9.91. The molecule has 0 aromatic heterocycles. The Balaban J connectivity index is 2.65. The van der Waals surface area contributed by atoms with Crippen molar-refractivity contribution in [1.29, 1.82) is 0 Å². The largest absolute Gasteiger partial charge is 0.0654 e. The molecular weight excluding hydrogens is 207 g/mol. The van der Waals surface area contributed by atoms with Gasteiger partial charge in [-0.25, -0.2) is 0 Å². The predicted molar refractivity (Wildman–Crippen MR) is 55.5 cm³/mol. The zero-order valence-electron chi connectivity index (χ0n) is 6.83. The average Bonchev–Trinajstić information content (AvgIpc) is 1.97. The van der Waals surface area contributed by atoms with Gasteiger partial charge in [0.05, 0.1) is 0 Å². The van der Waals surface area contributed by atoms with Crippen LogP contribution in [0.3, 0.4) is 0 Å². The summed E-state index contributed by atoms with van der Waals surface area (Å²) in [5, 5.41) is 0. The highest BCUT2D eigenvalue weighted by molar-refractivity contribution is 9.36. The van der Waals surface area contributed by atoms with E-state index in [4.69, 9.17) is 0 Å². The highest BCUT2D eigenvalue weighted by Gasteiger charge is 1.87. The van der Waals surface area contributed by atoms with Crippen molar-refractivity contribution in [3.05, 3.63) is 0 Å². The maximum atomic E-state index is 3.46. The van der Waals surface area contributed by atoms with E-state index in [1.165, 1.54) is 44.7 Å². The Morgan fingerprint density at radius 2 is 1.60 bits per heavy atom. The lowest BCUT2D eigenvalue weighted by Crippen LogP contribution is -1.78. The first kappa shape index (κ1) is 10.9. The summed E-state index contributed by atoms with van der Waals surface area (Å²) in [5.41, 5.74) is 0. The number of hydrogen-bond acceptors (Lipinski definition) is 0. The molecule has 0 saturated carbocycles. The van der Waals surface area contributed by atoms with Crippen molar-refractivity contribution in [2.45, 2.75) is 45.4 Å². The predicted octanol–water partition coefficient (Wildman–Crippen LogP) is 4.34. The van der Waals surface area contributed by atoms with Crippen LogP contribution >= 0.6 is 22.8 Å². The Labute approximate surface area is 74.7 Å². The fraction of sp³-hybridized carbons (Fsp3) is 1.00. The molecule has 0 aliphatic carbocycles. The van der Waals surface area contributed by atoms with Crippen LogP contribution in [-0.4, -0.2) is 6.16 Å². The van der Waals surface area contributed by atoms with Crippen LogP contribution in [0.25, 0.3) is 0 Å². The van der Waals surface area contributed by atoms with Crippen LogP contribution in [0, 0.1) is 0 Å². The van der Waals surface area contributed by atoms with Crippen molar-refractivity contribution in [2.24, 2.45) is 0 Å². The van der Waals surface area contributed by atoms with Crippen LogP contribution in [0.2, 0.25) is 0 Å². The number of hydrogen-bond donors (Lipinski definition) is 0. The maximum Gasteiger partial charge on any atom is -0.0255 e. The van der Waals surface area contributed by atoms with E-state index in [9.17, 15) is 0 Å². The molecule has 10 heavy (non-hydrogen) atoms. The van der Waals surface area contributed by atoms with Gasteiger partial charge in [-0.15, -0.1) is 0 Å². The van der Waals surface area contributed by atoms with Crippen molar-refractivity contribution in [3.63, 3.8) is 0 Å². The van der Waals surface area contributed by atoms with E-state index in [1.54, 1.807) is 0 Å². The van der Waals surface area contributed by atoms with Crippen LogP contribution in [0.5, 0.6) is 0 Å². The van der Waals surface area contributed by atoms with E-state index in [2.05, 4.69) is 22.4 Å². The van der Waals surface area contributed by atoms with Crippen molar-refractivity contribution < 1.29 is 0 Å². The molecule has 1 unspecified atom stereocenters. The van der Waals surface area contributed by atoms with Crippen molar-refractivity contribution in [1.82, 2.24) is 0 Å². The van der Waals surface area contributed by atoms with Crippen LogP contribution < -0.4 is 0 Å². The molecule has 0 bridgehead atoms. The molecule has 0 aromatic rings. The van der Waals surface area contributed by atoms with Crippen molar-refractivity contribution in [2.75, 3.05) is 6.16 Å². The molecule has 0 radical (unpaired) electrons. The van der Waals surface area contributed by atoms with Crippen LogP contribution in [0.4, 0.5) is 0 Å². The third-order valence-electron chi connectivity index (χ3n) is 1.62. The molecule has 0 saturated heterocycles. The van der Waals surface area contributed by atoms with Gasteiger partial charge in [-0.05, 0) is 12.6 Å². The molecule has 0 aliphatic heterocycles. The van der Waals surface area contributed by atoms with E-state index in [0.29, 0.717) is 0 Å². The van der Waals surface area contributed by atoms with E-state index in [0.717, 1.165) is 7.28 Å². The molecule has 0 fully saturated rings. The molecule has 0 spiro atoms. The Kier molecular flexibility index (Phi) is 10.8. The van der Waals surface area contributed by atoms with Gasteiger partial charge >= 0.3 is 0 Å². The normalized spacial score (nSPS) is 11.4. The fourth-order valence-corrected chi connectivity index (χ4v) is 2.20. The Bertz CT molecular complexity index is 49.2. The second-order valence-electron chi connectivity index (χ2n) is 2.65. The molecule has 0 N–H and O–H groups in total. The molecule has 0 nitrogen and oxygen atoms in total. The lowest BCUT2D eigenvalue weighted by atomic mass is 10.1. The SMILES string of the molecule is CCCCCCCCPBr. The van der Waals surface area contributed by atoms with Gasteiger partial charge in [0.15, 0.2) is 0 Å². The summed E-state index contributed by atoms with van der Waals surface area (Å²) < 4.78 is 0. The average molecular weight is 225 g/mol. The minimum atomic E-state index is 0.982. The minimum absolute atomic E-state index is 0.982. The molecule has 0 heterocycles. The van der Waals surface area contributed by atoms with Gasteiger partial charge in [-0.1, -0.05) is 61.8 Å². The Morgan fingerprint density at radius 1 is 1.00 bits per heavy atom. The molecular formula is C8H18BrP. The first-order valence-electron chi connectivity index (χ1n) is 4.25. The van der Waals surface area contributed by atoms with Gasteiger partial charge in [0, 0.05) is 0 Å². The van der Waals surface area contributed by atoms with Gasteiger partial charge in [-0.2, -0.15) is 0 Å². The van der Waals surface area contributed by atoms with E-state index in [-0.39, 0.29) is 0 Å². The first-order chi connectivity index (χ1) is 4.91. The Morgan fingerprint density at radius 3 is 2.20 bits per heavy atom. The third kappa shape index (κ3) is 8.91. The molecule has 62 valence electrons. The monoisotopic (exact) mass is 224 g/mol. The quantitative estimate of drug-likeness (QED) is 0.446. The van der Waals surface area contributed by atoms with E-state index >= 15 is 0 Å². The summed E-state index contributed by atoms with van der Waals surface area (Å²) in [4.78, 5) is 0. The lowest BCUT2D eigenvalue weighted by molar-refractivity contribution is 0.627. The highest BCUT2D eigenvalue weighted by atomic mass is 79.9. The number of halogens is 1. The van der Waals surface area contributed by atoms with Crippen LogP contribution in [0.1, 0.15) is 45.4 Å². The van der Waals surface area contributed by atoms with Gasteiger partial charge in [-0.3, -0.25) is 0 Å². The zero-order chi connectivity index (χ0) is 7.66. The van der Waals surface area contributed by atoms with Gasteiger partial charge < -0.3 is 0 Å². The molecule has 0 aliphatic rings. The molecule has 2 heteroatoms. The van der Waals surface area contributed by atoms with Crippen molar-refractivity contribution >= 4 is 22.8 Å².